The zero-order valence-corrected chi connectivity index (χ0v) is 21.9. The van der Waals surface area contributed by atoms with Gasteiger partial charge in [-0.25, -0.2) is 23.5 Å². The molecular formula is C27H26ClFN6O3. The molecular weight excluding hydrogens is 511 g/mol. The van der Waals surface area contributed by atoms with E-state index in [0.717, 1.165) is 5.56 Å². The summed E-state index contributed by atoms with van der Waals surface area (Å²) in [5.41, 5.74) is 2.17. The molecule has 1 aliphatic heterocycles. The number of aromatic nitrogens is 4. The van der Waals surface area contributed by atoms with Crippen molar-refractivity contribution in [3.05, 3.63) is 75.2 Å². The Morgan fingerprint density at radius 1 is 1.21 bits per heavy atom. The lowest BCUT2D eigenvalue weighted by Gasteiger charge is -2.39. The van der Waals surface area contributed by atoms with Gasteiger partial charge in [-0.1, -0.05) is 30.7 Å². The largest absolute Gasteiger partial charge is 0.465 e. The highest BCUT2D eigenvalue weighted by Crippen LogP contribution is 2.35. The fourth-order valence-corrected chi connectivity index (χ4v) is 5.24. The van der Waals surface area contributed by atoms with Gasteiger partial charge in [0.1, 0.15) is 11.6 Å². The first-order valence-corrected chi connectivity index (χ1v) is 12.7. The number of anilines is 1. The van der Waals surface area contributed by atoms with E-state index < -0.39 is 17.6 Å². The molecule has 4 heterocycles. The number of halogens is 2. The summed E-state index contributed by atoms with van der Waals surface area (Å²) in [6.07, 6.45) is 1.25. The van der Waals surface area contributed by atoms with E-state index in [2.05, 4.69) is 9.97 Å². The summed E-state index contributed by atoms with van der Waals surface area (Å²) in [5.74, 6) is -0.137. The number of nitrogens with zero attached hydrogens (tertiary/aromatic N) is 6. The van der Waals surface area contributed by atoms with Crippen LogP contribution in [0, 0.1) is 12.7 Å². The number of carboxylic acid groups (broad SMARTS) is 1. The molecule has 1 N–H and O–H groups in total. The number of benzene rings is 1. The van der Waals surface area contributed by atoms with Crippen LogP contribution in [0.5, 0.6) is 0 Å². The quantitative estimate of drug-likeness (QED) is 0.403. The minimum atomic E-state index is -0.997. The van der Waals surface area contributed by atoms with Crippen molar-refractivity contribution in [2.24, 2.45) is 0 Å². The Morgan fingerprint density at radius 3 is 2.66 bits per heavy atom. The van der Waals surface area contributed by atoms with Gasteiger partial charge in [-0.05, 0) is 50.1 Å². The smallest absolute Gasteiger partial charge is 0.407 e. The predicted octanol–water partition coefficient (Wildman–Crippen LogP) is 4.69. The van der Waals surface area contributed by atoms with Crippen LogP contribution in [0.4, 0.5) is 15.0 Å². The van der Waals surface area contributed by atoms with Crippen LogP contribution in [-0.4, -0.2) is 61.3 Å². The number of rotatable bonds is 4. The van der Waals surface area contributed by atoms with Crippen molar-refractivity contribution < 1.29 is 14.3 Å². The van der Waals surface area contributed by atoms with Crippen LogP contribution in [0.3, 0.4) is 0 Å². The number of carbonyl (C=O) groups is 1. The number of hydrogen-bond acceptors (Lipinski definition) is 6. The lowest BCUT2D eigenvalue weighted by atomic mass is 10.1. The van der Waals surface area contributed by atoms with E-state index in [9.17, 15) is 19.1 Å². The summed E-state index contributed by atoms with van der Waals surface area (Å²) < 4.78 is 16.2. The molecule has 1 aliphatic rings. The first-order valence-electron chi connectivity index (χ1n) is 12.3. The number of aryl methyl sites for hydroxylation is 2. The number of fused-ring (bicyclic) bond motifs is 1. The summed E-state index contributed by atoms with van der Waals surface area (Å²) in [5, 5.41) is 10.1. The van der Waals surface area contributed by atoms with Crippen LogP contribution in [-0.2, 0) is 6.42 Å². The van der Waals surface area contributed by atoms with Crippen LogP contribution < -0.4 is 10.6 Å². The second-order valence-electron chi connectivity index (χ2n) is 9.27. The van der Waals surface area contributed by atoms with Crippen LogP contribution >= 0.6 is 11.6 Å². The second-order valence-corrected chi connectivity index (χ2v) is 9.68. The molecule has 9 nitrogen and oxygen atoms in total. The van der Waals surface area contributed by atoms with Crippen LogP contribution in [0.15, 0.2) is 47.4 Å². The van der Waals surface area contributed by atoms with E-state index in [-0.39, 0.29) is 41.1 Å². The lowest BCUT2D eigenvalue weighted by Crippen LogP contribution is -2.54. The average molecular weight is 537 g/mol. The topological polar surface area (TPSA) is 104 Å². The Kier molecular flexibility index (Phi) is 6.75. The molecule has 4 aromatic rings. The molecule has 1 saturated heterocycles. The molecule has 1 aromatic carbocycles. The maximum absolute atomic E-state index is 14.8. The van der Waals surface area contributed by atoms with Crippen molar-refractivity contribution in [2.75, 3.05) is 24.5 Å². The maximum atomic E-state index is 14.8. The van der Waals surface area contributed by atoms with E-state index >= 15 is 0 Å². The van der Waals surface area contributed by atoms with Crippen molar-refractivity contribution in [3.63, 3.8) is 0 Å². The highest BCUT2D eigenvalue weighted by Gasteiger charge is 2.30. The van der Waals surface area contributed by atoms with E-state index in [1.165, 1.54) is 15.5 Å². The highest BCUT2D eigenvalue weighted by atomic mass is 35.5. The molecule has 0 saturated carbocycles. The molecule has 3 aromatic heterocycles. The highest BCUT2D eigenvalue weighted by molar-refractivity contribution is 6.33. The molecule has 1 amide bonds. The SMILES string of the molecule is CCc1nccc(C)c1-n1c(=O)nc(N2CCN(C(=O)O)CC2C)c2cc(Cl)c(-c3ccccc3F)nc21. The van der Waals surface area contributed by atoms with Crippen LogP contribution in [0.25, 0.3) is 28.0 Å². The first-order chi connectivity index (χ1) is 18.2. The van der Waals surface area contributed by atoms with Gasteiger partial charge in [0, 0.05) is 37.4 Å². The lowest BCUT2D eigenvalue weighted by molar-refractivity contribution is 0.136. The zero-order chi connectivity index (χ0) is 27.1. The normalized spacial score (nSPS) is 15.8. The Hall–Kier alpha value is -4.05. The zero-order valence-electron chi connectivity index (χ0n) is 21.2. The summed E-state index contributed by atoms with van der Waals surface area (Å²) in [7, 11) is 0. The summed E-state index contributed by atoms with van der Waals surface area (Å²) in [6, 6.07) is 9.37. The summed E-state index contributed by atoms with van der Waals surface area (Å²) in [4.78, 5) is 42.2. The third-order valence-electron chi connectivity index (χ3n) is 6.86. The molecule has 1 fully saturated rings. The van der Waals surface area contributed by atoms with E-state index in [0.29, 0.717) is 35.6 Å². The van der Waals surface area contributed by atoms with Gasteiger partial charge in [-0.3, -0.25) is 4.98 Å². The van der Waals surface area contributed by atoms with E-state index in [4.69, 9.17) is 16.6 Å². The number of piperazine rings is 1. The van der Waals surface area contributed by atoms with E-state index in [1.807, 2.05) is 31.7 Å². The minimum Gasteiger partial charge on any atom is -0.465 e. The number of pyridine rings is 2. The standard InChI is InChI=1S/C27H26ClFN6O3/c1-4-21-23(15(2)9-10-30-21)35-25-18(13-19(28)22(31-25)17-7-5-6-8-20(17)29)24(32-26(35)36)34-12-11-33(27(37)38)14-16(34)3/h5-10,13,16H,4,11-12,14H2,1-3H3,(H,37,38). The fraction of sp³-hybridized carbons (Fsp3) is 0.296. The Bertz CT molecular complexity index is 1620. The van der Waals surface area contributed by atoms with Gasteiger partial charge in [0.2, 0.25) is 0 Å². The van der Waals surface area contributed by atoms with Gasteiger partial charge in [0.25, 0.3) is 0 Å². The van der Waals surface area contributed by atoms with Crippen molar-refractivity contribution >= 4 is 34.5 Å². The molecule has 196 valence electrons. The molecule has 38 heavy (non-hydrogen) atoms. The fourth-order valence-electron chi connectivity index (χ4n) is 4.99. The summed E-state index contributed by atoms with van der Waals surface area (Å²) >= 11 is 6.69. The van der Waals surface area contributed by atoms with Gasteiger partial charge in [-0.2, -0.15) is 4.98 Å². The summed E-state index contributed by atoms with van der Waals surface area (Å²) in [6.45, 7) is 6.53. The number of hydrogen-bond donors (Lipinski definition) is 1. The molecule has 1 unspecified atom stereocenters. The molecule has 0 bridgehead atoms. The predicted molar refractivity (Wildman–Crippen MR) is 144 cm³/mol. The first kappa shape index (κ1) is 25.6. The molecule has 0 spiro atoms. The van der Waals surface area contributed by atoms with E-state index in [1.54, 1.807) is 30.5 Å². The molecule has 0 radical (unpaired) electrons. The van der Waals surface area contributed by atoms with Crippen molar-refractivity contribution in [1.29, 1.82) is 0 Å². The van der Waals surface area contributed by atoms with Crippen molar-refractivity contribution in [3.8, 4) is 16.9 Å². The minimum absolute atomic E-state index is 0.200. The Balaban J connectivity index is 1.83. The van der Waals surface area contributed by atoms with Crippen molar-refractivity contribution in [2.45, 2.75) is 33.2 Å². The maximum Gasteiger partial charge on any atom is 0.407 e. The second kappa shape index (κ2) is 10.0. The van der Waals surface area contributed by atoms with Gasteiger partial charge >= 0.3 is 11.8 Å². The average Bonchev–Trinajstić information content (AvgIpc) is 2.89. The van der Waals surface area contributed by atoms with Gasteiger partial charge < -0.3 is 14.9 Å². The van der Waals surface area contributed by atoms with Gasteiger partial charge in [0.05, 0.1) is 27.5 Å². The van der Waals surface area contributed by atoms with Gasteiger partial charge in [-0.15, -0.1) is 0 Å². The third-order valence-corrected chi connectivity index (χ3v) is 7.15. The Morgan fingerprint density at radius 2 is 1.97 bits per heavy atom. The molecule has 11 heteroatoms. The monoisotopic (exact) mass is 536 g/mol. The Labute approximate surface area is 223 Å². The van der Waals surface area contributed by atoms with Gasteiger partial charge in [0.15, 0.2) is 5.65 Å². The van der Waals surface area contributed by atoms with Crippen LogP contribution in [0.2, 0.25) is 5.02 Å². The molecule has 0 aliphatic carbocycles. The third kappa shape index (κ3) is 4.34. The van der Waals surface area contributed by atoms with Crippen LogP contribution in [0.1, 0.15) is 25.1 Å². The molecule has 5 rings (SSSR count). The number of amides is 1. The van der Waals surface area contributed by atoms with Crippen molar-refractivity contribution in [1.82, 2.24) is 24.4 Å². The molecule has 1 atom stereocenters.